The molecule has 7 rings (SSSR count). The maximum Gasteiger partial charge on any atom is 0.283 e. The van der Waals surface area contributed by atoms with E-state index in [2.05, 4.69) is 20.4 Å². The largest absolute Gasteiger partial charge is 0.497 e. The van der Waals surface area contributed by atoms with E-state index in [4.69, 9.17) is 15.6 Å². The van der Waals surface area contributed by atoms with E-state index in [0.29, 0.717) is 50.6 Å². The Hall–Kier alpha value is -6.02. The van der Waals surface area contributed by atoms with Gasteiger partial charge in [0.15, 0.2) is 5.82 Å². The van der Waals surface area contributed by atoms with Crippen LogP contribution in [0.3, 0.4) is 0 Å². The minimum absolute atomic E-state index is 0.0549. The molecule has 0 radical (unpaired) electrons. The number of aryl methyl sites for hydroxylation is 1. The number of benzene rings is 3. The summed E-state index contributed by atoms with van der Waals surface area (Å²) in [6.07, 6.45) is 4.57. The number of nitrogens with two attached hydrogens (primary N) is 1. The van der Waals surface area contributed by atoms with Gasteiger partial charge in [-0.1, -0.05) is 30.3 Å². The van der Waals surface area contributed by atoms with Gasteiger partial charge in [-0.05, 0) is 73.5 Å². The third-order valence-corrected chi connectivity index (χ3v) is 9.57. The minimum atomic E-state index is -4.04. The molecule has 47 heavy (non-hydrogen) atoms. The predicted octanol–water partition coefficient (Wildman–Crippen LogP) is 4.60. The number of para-hydroxylation sites is 1. The first-order valence-corrected chi connectivity index (χ1v) is 16.0. The average molecular weight is 648 g/mol. The second kappa shape index (κ2) is 11.4. The van der Waals surface area contributed by atoms with Crippen molar-refractivity contribution in [3.05, 3.63) is 119 Å². The normalized spacial score (nSPS) is 12.4. The van der Waals surface area contributed by atoms with Crippen LogP contribution in [0.25, 0.3) is 33.2 Å². The van der Waals surface area contributed by atoms with Crippen molar-refractivity contribution in [3.63, 3.8) is 0 Å². The summed E-state index contributed by atoms with van der Waals surface area (Å²) in [5, 5.41) is 13.0. The van der Waals surface area contributed by atoms with Gasteiger partial charge in [0.25, 0.3) is 15.6 Å². The van der Waals surface area contributed by atoms with Crippen LogP contribution in [0.5, 0.6) is 5.75 Å². The van der Waals surface area contributed by atoms with Gasteiger partial charge in [-0.25, -0.2) is 14.5 Å². The standard InChI is InChI=1S/C33H29N9O4S/c1-20-15-16-40-29(20)33(43)41(24-7-5-4-6-8-24)32(39-40)21(2)38-31-28(30(34)35-19-36-31)22-9-10-23-18-37-42(27(23)17-22)47(44,45)26-13-11-25(46-3)12-14-26/h4-19,21H,1-3H3,(H3,34,35,36,38). The molecule has 0 saturated carbocycles. The Balaban J connectivity index is 1.32. The summed E-state index contributed by atoms with van der Waals surface area (Å²) in [5.74, 6) is 1.50. The van der Waals surface area contributed by atoms with Gasteiger partial charge in [0.1, 0.15) is 29.2 Å². The number of nitrogen functional groups attached to an aromatic ring is 1. The van der Waals surface area contributed by atoms with E-state index in [9.17, 15) is 13.2 Å². The molecule has 13 nitrogen and oxygen atoms in total. The van der Waals surface area contributed by atoms with Gasteiger partial charge in [-0.3, -0.25) is 9.36 Å². The van der Waals surface area contributed by atoms with Crippen LogP contribution in [0.15, 0.2) is 107 Å². The average Bonchev–Trinajstić information content (AvgIpc) is 3.68. The smallest absolute Gasteiger partial charge is 0.283 e. The van der Waals surface area contributed by atoms with E-state index < -0.39 is 16.1 Å². The summed E-state index contributed by atoms with van der Waals surface area (Å²) in [6.45, 7) is 3.74. The molecule has 0 aliphatic heterocycles. The Kier molecular flexibility index (Phi) is 7.20. The molecule has 0 saturated heterocycles. The lowest BCUT2D eigenvalue weighted by Crippen LogP contribution is -2.29. The molecule has 0 spiro atoms. The summed E-state index contributed by atoms with van der Waals surface area (Å²) in [6, 6.07) is 21.9. The second-order valence-electron chi connectivity index (χ2n) is 10.9. The molecule has 0 bridgehead atoms. The van der Waals surface area contributed by atoms with E-state index in [1.807, 2.05) is 50.2 Å². The zero-order chi connectivity index (χ0) is 32.9. The van der Waals surface area contributed by atoms with Gasteiger partial charge >= 0.3 is 0 Å². The number of nitrogens with zero attached hydrogens (tertiary/aromatic N) is 7. The fourth-order valence-electron chi connectivity index (χ4n) is 5.59. The molecule has 3 N–H and O–H groups in total. The molecule has 4 aromatic heterocycles. The maximum absolute atomic E-state index is 13.8. The van der Waals surface area contributed by atoms with E-state index >= 15 is 0 Å². The number of aromatic nitrogens is 7. The van der Waals surface area contributed by atoms with Crippen molar-refractivity contribution < 1.29 is 13.2 Å². The van der Waals surface area contributed by atoms with Crippen LogP contribution < -0.4 is 21.3 Å². The van der Waals surface area contributed by atoms with Crippen LogP contribution in [-0.2, 0) is 10.0 Å². The number of hydrogen-bond donors (Lipinski definition) is 2. The lowest BCUT2D eigenvalue weighted by atomic mass is 10.0. The van der Waals surface area contributed by atoms with Crippen molar-refractivity contribution in [2.45, 2.75) is 24.8 Å². The molecule has 4 heterocycles. The first-order valence-electron chi connectivity index (χ1n) is 14.6. The van der Waals surface area contributed by atoms with Gasteiger partial charge in [0.05, 0.1) is 41.0 Å². The Labute approximate surface area is 269 Å². The third-order valence-electron chi connectivity index (χ3n) is 7.96. The number of methoxy groups -OCH3 is 1. The fraction of sp³-hybridized carbons (Fsp3) is 0.121. The second-order valence-corrected chi connectivity index (χ2v) is 12.7. The molecule has 1 unspecified atom stereocenters. The Morgan fingerprint density at radius 3 is 2.49 bits per heavy atom. The molecule has 0 amide bonds. The number of fused-ring (bicyclic) bond motifs is 2. The molecular weight excluding hydrogens is 618 g/mol. The van der Waals surface area contributed by atoms with Gasteiger partial charge in [-0.2, -0.15) is 22.7 Å². The van der Waals surface area contributed by atoms with E-state index in [1.165, 1.54) is 31.8 Å². The fourth-order valence-corrected chi connectivity index (χ4v) is 6.86. The predicted molar refractivity (Wildman–Crippen MR) is 178 cm³/mol. The van der Waals surface area contributed by atoms with Crippen LogP contribution in [0.1, 0.15) is 24.4 Å². The molecule has 236 valence electrons. The number of ether oxygens (including phenoxy) is 1. The lowest BCUT2D eigenvalue weighted by molar-refractivity contribution is 0.414. The Bertz CT molecular complexity index is 2450. The summed E-state index contributed by atoms with van der Waals surface area (Å²) in [7, 11) is -2.53. The van der Waals surface area contributed by atoms with Gasteiger partial charge in [-0.15, -0.1) is 0 Å². The zero-order valence-electron chi connectivity index (χ0n) is 25.6. The molecular formula is C33H29N9O4S. The number of hydrogen-bond acceptors (Lipinski definition) is 10. The summed E-state index contributed by atoms with van der Waals surface area (Å²) >= 11 is 0. The van der Waals surface area contributed by atoms with E-state index in [0.717, 1.165) is 9.65 Å². The summed E-state index contributed by atoms with van der Waals surface area (Å²) < 4.78 is 36.6. The van der Waals surface area contributed by atoms with Crippen LogP contribution in [-0.4, -0.2) is 48.9 Å². The van der Waals surface area contributed by atoms with E-state index in [1.54, 1.807) is 45.6 Å². The highest BCUT2D eigenvalue weighted by Crippen LogP contribution is 2.35. The van der Waals surface area contributed by atoms with Crippen LogP contribution in [0.2, 0.25) is 0 Å². The van der Waals surface area contributed by atoms with Crippen molar-refractivity contribution >= 4 is 38.1 Å². The molecule has 7 aromatic rings. The monoisotopic (exact) mass is 647 g/mol. The zero-order valence-corrected chi connectivity index (χ0v) is 26.4. The van der Waals surface area contributed by atoms with Gasteiger partial charge < -0.3 is 15.8 Å². The van der Waals surface area contributed by atoms with Crippen molar-refractivity contribution in [3.8, 4) is 22.6 Å². The highest BCUT2D eigenvalue weighted by atomic mass is 32.2. The summed E-state index contributed by atoms with van der Waals surface area (Å²) in [5.41, 5.74) is 9.52. The SMILES string of the molecule is COc1ccc(S(=O)(=O)n2ncc3ccc(-c4c(N)ncnc4NC(C)c4nn5ccc(C)c5c(=O)n4-c4ccccc4)cc32)cc1. The van der Waals surface area contributed by atoms with Crippen LogP contribution >= 0.6 is 0 Å². The quantitative estimate of drug-likeness (QED) is 0.238. The van der Waals surface area contributed by atoms with Crippen LogP contribution in [0.4, 0.5) is 11.6 Å². The number of nitrogens with one attached hydrogen (secondary N) is 1. The summed E-state index contributed by atoms with van der Waals surface area (Å²) in [4.78, 5) is 22.6. The topological polar surface area (TPSA) is 164 Å². The van der Waals surface area contributed by atoms with Crippen molar-refractivity contribution in [1.82, 2.24) is 33.3 Å². The highest BCUT2D eigenvalue weighted by Gasteiger charge is 2.24. The first kappa shape index (κ1) is 29.7. The highest BCUT2D eigenvalue weighted by molar-refractivity contribution is 7.90. The van der Waals surface area contributed by atoms with Gasteiger partial charge in [0, 0.05) is 11.6 Å². The Morgan fingerprint density at radius 1 is 0.979 bits per heavy atom. The maximum atomic E-state index is 13.8. The Morgan fingerprint density at radius 2 is 1.74 bits per heavy atom. The molecule has 3 aromatic carbocycles. The molecule has 1 atom stereocenters. The van der Waals surface area contributed by atoms with Crippen molar-refractivity contribution in [1.29, 1.82) is 0 Å². The van der Waals surface area contributed by atoms with E-state index in [-0.39, 0.29) is 16.3 Å². The minimum Gasteiger partial charge on any atom is -0.497 e. The number of rotatable bonds is 8. The first-order chi connectivity index (χ1) is 22.7. The van der Waals surface area contributed by atoms with Crippen molar-refractivity contribution in [2.24, 2.45) is 0 Å². The molecule has 14 heteroatoms. The molecule has 0 aliphatic rings. The third kappa shape index (κ3) is 5.04. The number of anilines is 2. The van der Waals surface area contributed by atoms with Crippen LogP contribution in [0, 0.1) is 6.92 Å². The van der Waals surface area contributed by atoms with Crippen molar-refractivity contribution in [2.75, 3.05) is 18.2 Å². The lowest BCUT2D eigenvalue weighted by Gasteiger charge is -2.21. The molecule has 0 aliphatic carbocycles. The molecule has 0 fully saturated rings. The van der Waals surface area contributed by atoms with Gasteiger partial charge in [0.2, 0.25) is 0 Å².